The minimum absolute atomic E-state index is 0.0460. The molecule has 27 heavy (non-hydrogen) atoms. The summed E-state index contributed by atoms with van der Waals surface area (Å²) in [7, 11) is 4.08. The monoisotopic (exact) mass is 371 g/mol. The van der Waals surface area contributed by atoms with E-state index in [1.54, 1.807) is 0 Å². The molecule has 1 aromatic rings. The Morgan fingerprint density at radius 2 is 1.89 bits per heavy atom. The smallest absolute Gasteiger partial charge is 0.223 e. The minimum Gasteiger partial charge on any atom is -0.373 e. The lowest BCUT2D eigenvalue weighted by molar-refractivity contribution is -0.136. The number of anilines is 1. The van der Waals surface area contributed by atoms with Crippen LogP contribution in [-0.2, 0) is 17.8 Å². The maximum Gasteiger partial charge on any atom is 0.223 e. The van der Waals surface area contributed by atoms with Crippen LogP contribution in [-0.4, -0.2) is 52.9 Å². The molecule has 148 valence electrons. The van der Waals surface area contributed by atoms with Gasteiger partial charge in [-0.15, -0.1) is 0 Å². The van der Waals surface area contributed by atoms with E-state index in [2.05, 4.69) is 22.2 Å². The fraction of sp³-hybridized carbons (Fsp3) is 0.762. The summed E-state index contributed by atoms with van der Waals surface area (Å²) in [6.07, 6.45) is 9.91. The average Bonchev–Trinajstić information content (AvgIpc) is 3.20. The molecule has 1 saturated heterocycles. The molecule has 1 atom stereocenters. The van der Waals surface area contributed by atoms with Crippen molar-refractivity contribution in [3.8, 4) is 0 Å². The van der Waals surface area contributed by atoms with Crippen molar-refractivity contribution in [3.05, 3.63) is 17.1 Å². The van der Waals surface area contributed by atoms with E-state index in [1.165, 1.54) is 31.2 Å². The number of piperidine rings is 1. The van der Waals surface area contributed by atoms with Crippen molar-refractivity contribution in [1.29, 1.82) is 0 Å². The van der Waals surface area contributed by atoms with Gasteiger partial charge in [0.05, 0.1) is 11.7 Å². The second-order valence-electron chi connectivity index (χ2n) is 8.55. The van der Waals surface area contributed by atoms with E-state index in [4.69, 9.17) is 9.97 Å². The van der Waals surface area contributed by atoms with Crippen molar-refractivity contribution in [2.24, 2.45) is 5.92 Å². The average molecular weight is 372 g/mol. The Morgan fingerprint density at radius 1 is 1.11 bits per heavy atom. The molecule has 3 heterocycles. The largest absolute Gasteiger partial charge is 0.373 e. The maximum atomic E-state index is 13.1. The number of carbonyl (C=O) groups excluding carboxylic acids is 1. The van der Waals surface area contributed by atoms with E-state index < -0.39 is 0 Å². The summed E-state index contributed by atoms with van der Waals surface area (Å²) in [4.78, 5) is 27.3. The van der Waals surface area contributed by atoms with Crippen molar-refractivity contribution >= 4 is 11.7 Å². The van der Waals surface area contributed by atoms with Crippen LogP contribution in [0.15, 0.2) is 0 Å². The molecule has 0 aromatic carbocycles. The number of likely N-dealkylation sites (N-methyl/N-ethyl adjacent to an activating group) is 1. The molecule has 1 N–H and O–H groups in total. The van der Waals surface area contributed by atoms with E-state index in [0.717, 1.165) is 62.7 Å². The van der Waals surface area contributed by atoms with Crippen molar-refractivity contribution in [3.63, 3.8) is 0 Å². The number of amides is 1. The van der Waals surface area contributed by atoms with Gasteiger partial charge in [0.2, 0.25) is 5.91 Å². The highest BCUT2D eigenvalue weighted by Crippen LogP contribution is 2.34. The number of rotatable bonds is 4. The molecule has 0 spiro atoms. The van der Waals surface area contributed by atoms with Crippen LogP contribution >= 0.6 is 0 Å². The Labute approximate surface area is 162 Å². The first-order valence-corrected chi connectivity index (χ1v) is 10.7. The molecule has 6 heteroatoms. The van der Waals surface area contributed by atoms with Crippen LogP contribution in [0.1, 0.15) is 74.5 Å². The van der Waals surface area contributed by atoms with E-state index >= 15 is 0 Å². The molecule has 1 aromatic heterocycles. The lowest BCUT2D eigenvalue weighted by Gasteiger charge is -2.36. The molecule has 0 unspecified atom stereocenters. The van der Waals surface area contributed by atoms with Gasteiger partial charge in [-0.2, -0.15) is 0 Å². The summed E-state index contributed by atoms with van der Waals surface area (Å²) >= 11 is 0. The second-order valence-corrected chi connectivity index (χ2v) is 8.55. The number of likely N-dealkylation sites (tertiary alicyclic amines) is 1. The predicted octanol–water partition coefficient (Wildman–Crippen LogP) is 3.14. The van der Waals surface area contributed by atoms with Gasteiger partial charge in [-0.3, -0.25) is 4.79 Å². The number of nitrogens with one attached hydrogen (secondary N) is 1. The molecule has 6 nitrogen and oxygen atoms in total. The molecule has 0 bridgehead atoms. The number of aromatic nitrogens is 2. The summed E-state index contributed by atoms with van der Waals surface area (Å²) in [6, 6.07) is 0.0460. The molecule has 3 aliphatic rings. The molecular formula is C21H33N5O. The first-order chi connectivity index (χ1) is 13.2. The Bertz CT molecular complexity index is 668. The molecule has 2 fully saturated rings. The molecule has 0 radical (unpaired) electrons. The molecule has 2 aliphatic heterocycles. The van der Waals surface area contributed by atoms with Crippen LogP contribution in [0.2, 0.25) is 0 Å². The highest BCUT2D eigenvalue weighted by Gasteiger charge is 2.33. The van der Waals surface area contributed by atoms with Gasteiger partial charge in [-0.1, -0.05) is 12.8 Å². The number of nitrogens with zero attached hydrogens (tertiary/aromatic N) is 4. The van der Waals surface area contributed by atoms with Crippen molar-refractivity contribution in [2.45, 2.75) is 70.4 Å². The first-order valence-electron chi connectivity index (χ1n) is 10.7. The van der Waals surface area contributed by atoms with Crippen LogP contribution in [0.25, 0.3) is 0 Å². The third kappa shape index (κ3) is 3.96. The van der Waals surface area contributed by atoms with Gasteiger partial charge >= 0.3 is 0 Å². The van der Waals surface area contributed by atoms with Crippen LogP contribution in [0.5, 0.6) is 0 Å². The van der Waals surface area contributed by atoms with Gasteiger partial charge in [0, 0.05) is 45.1 Å². The zero-order valence-corrected chi connectivity index (χ0v) is 16.8. The van der Waals surface area contributed by atoms with Gasteiger partial charge in [0.1, 0.15) is 5.82 Å². The Morgan fingerprint density at radius 3 is 2.67 bits per heavy atom. The van der Waals surface area contributed by atoms with E-state index in [1.807, 2.05) is 7.05 Å². The summed E-state index contributed by atoms with van der Waals surface area (Å²) in [5.74, 6) is 2.70. The number of fused-ring (bicyclic) bond motifs is 1. The van der Waals surface area contributed by atoms with Crippen LogP contribution in [0, 0.1) is 5.92 Å². The second kappa shape index (κ2) is 8.13. The minimum atomic E-state index is 0.0460. The SMILES string of the molecule is CNc1nc([C@H]2CCCCN2C(=O)CC2CCCC2)nc2c1CN(C)CC2. The maximum absolute atomic E-state index is 13.1. The summed E-state index contributed by atoms with van der Waals surface area (Å²) in [5, 5.41) is 3.28. The zero-order chi connectivity index (χ0) is 18.8. The van der Waals surface area contributed by atoms with Gasteiger partial charge in [0.25, 0.3) is 0 Å². The lowest BCUT2D eigenvalue weighted by Crippen LogP contribution is -2.40. The highest BCUT2D eigenvalue weighted by molar-refractivity contribution is 5.77. The summed E-state index contributed by atoms with van der Waals surface area (Å²) in [5.41, 5.74) is 2.38. The quantitative estimate of drug-likeness (QED) is 0.881. The summed E-state index contributed by atoms with van der Waals surface area (Å²) in [6.45, 7) is 2.77. The number of carbonyl (C=O) groups is 1. The van der Waals surface area contributed by atoms with Crippen molar-refractivity contribution < 1.29 is 4.79 Å². The van der Waals surface area contributed by atoms with E-state index in [0.29, 0.717) is 18.2 Å². The van der Waals surface area contributed by atoms with Crippen LogP contribution in [0.4, 0.5) is 5.82 Å². The van der Waals surface area contributed by atoms with Crippen LogP contribution in [0.3, 0.4) is 0 Å². The lowest BCUT2D eigenvalue weighted by atomic mass is 9.97. The standard InChI is InChI=1S/C21H33N5O/c1-22-20-16-14-25(2)12-10-17(16)23-21(24-20)18-9-5-6-11-26(18)19(27)13-15-7-3-4-8-15/h15,18H,3-14H2,1-2H3,(H,22,23,24)/t18-/m1/s1. The number of hydrogen-bond acceptors (Lipinski definition) is 5. The Hall–Kier alpha value is -1.69. The van der Waals surface area contributed by atoms with Gasteiger partial charge in [-0.05, 0) is 45.1 Å². The van der Waals surface area contributed by atoms with E-state index in [9.17, 15) is 4.79 Å². The molecule has 1 aliphatic carbocycles. The van der Waals surface area contributed by atoms with Crippen molar-refractivity contribution in [1.82, 2.24) is 19.8 Å². The fourth-order valence-corrected chi connectivity index (χ4v) is 5.00. The fourth-order valence-electron chi connectivity index (χ4n) is 5.00. The van der Waals surface area contributed by atoms with Crippen LogP contribution < -0.4 is 5.32 Å². The van der Waals surface area contributed by atoms with Gasteiger partial charge in [-0.25, -0.2) is 9.97 Å². The third-order valence-electron chi connectivity index (χ3n) is 6.56. The Kier molecular flexibility index (Phi) is 5.62. The predicted molar refractivity (Wildman–Crippen MR) is 106 cm³/mol. The molecule has 4 rings (SSSR count). The van der Waals surface area contributed by atoms with Gasteiger partial charge in [0.15, 0.2) is 5.82 Å². The highest BCUT2D eigenvalue weighted by atomic mass is 16.2. The van der Waals surface area contributed by atoms with E-state index in [-0.39, 0.29) is 6.04 Å². The molecule has 1 saturated carbocycles. The first kappa shape index (κ1) is 18.7. The summed E-state index contributed by atoms with van der Waals surface area (Å²) < 4.78 is 0. The molecular weight excluding hydrogens is 338 g/mol. The topological polar surface area (TPSA) is 61.4 Å². The Balaban J connectivity index is 1.58. The third-order valence-corrected chi connectivity index (χ3v) is 6.56. The van der Waals surface area contributed by atoms with Gasteiger partial charge < -0.3 is 15.1 Å². The zero-order valence-electron chi connectivity index (χ0n) is 16.8. The number of hydrogen-bond donors (Lipinski definition) is 1. The van der Waals surface area contributed by atoms with Crippen molar-refractivity contribution in [2.75, 3.05) is 32.5 Å². The normalized spacial score (nSPS) is 24.1. The molecule has 1 amide bonds.